The second-order valence-electron chi connectivity index (χ2n) is 9.20. The number of carbonyl (C=O) groups is 2. The summed E-state index contributed by atoms with van der Waals surface area (Å²) < 4.78 is 2.38. The monoisotopic (exact) mass is 453 g/mol. The van der Waals surface area contributed by atoms with Crippen molar-refractivity contribution < 1.29 is 14.7 Å². The largest absolute Gasteiger partial charge is 0.480 e. The first kappa shape index (κ1) is 22.5. The molecule has 0 saturated heterocycles. The lowest BCUT2D eigenvalue weighted by molar-refractivity contribution is -0.139. The van der Waals surface area contributed by atoms with Crippen LogP contribution in [0.3, 0.4) is 0 Å². The maximum absolute atomic E-state index is 12.8. The minimum absolute atomic E-state index is 0.171. The van der Waals surface area contributed by atoms with Gasteiger partial charge in [0.25, 0.3) is 5.91 Å². The average molecular weight is 454 g/mol. The van der Waals surface area contributed by atoms with Crippen molar-refractivity contribution in [1.29, 1.82) is 0 Å². The molecule has 1 aliphatic carbocycles. The Morgan fingerprint density at radius 3 is 2.66 bits per heavy atom. The number of aliphatic carboxylic acids is 1. The smallest absolute Gasteiger partial charge is 0.326 e. The molecular weight excluding hydrogens is 422 g/mol. The molecule has 1 atom stereocenters. The van der Waals surface area contributed by atoms with Gasteiger partial charge in [0.1, 0.15) is 11.9 Å². The third kappa shape index (κ3) is 5.04. The summed E-state index contributed by atoms with van der Waals surface area (Å²) in [4.78, 5) is 29.3. The number of thiophene rings is 1. The van der Waals surface area contributed by atoms with Gasteiger partial charge in [-0.05, 0) is 65.8 Å². The maximum Gasteiger partial charge on any atom is 0.326 e. The van der Waals surface area contributed by atoms with Gasteiger partial charge in [-0.2, -0.15) is 11.3 Å². The molecule has 6 nitrogen and oxygen atoms in total. The highest BCUT2D eigenvalue weighted by atomic mass is 32.1. The van der Waals surface area contributed by atoms with Crippen molar-refractivity contribution in [2.75, 3.05) is 0 Å². The molecule has 170 valence electrons. The Kier molecular flexibility index (Phi) is 6.94. The van der Waals surface area contributed by atoms with Crippen LogP contribution in [0, 0.1) is 5.92 Å². The molecule has 1 fully saturated rings. The van der Waals surface area contributed by atoms with E-state index in [1.807, 2.05) is 19.9 Å². The predicted octanol–water partition coefficient (Wildman–Crippen LogP) is 5.42. The summed E-state index contributed by atoms with van der Waals surface area (Å²) in [5, 5.41) is 16.4. The highest BCUT2D eigenvalue weighted by Crippen LogP contribution is 2.33. The van der Waals surface area contributed by atoms with Crippen LogP contribution in [0.5, 0.6) is 0 Å². The number of hydrogen-bond donors (Lipinski definition) is 2. The van der Waals surface area contributed by atoms with E-state index in [0.717, 1.165) is 36.1 Å². The number of amides is 1. The second-order valence-corrected chi connectivity index (χ2v) is 9.98. The first-order valence-corrected chi connectivity index (χ1v) is 12.4. The number of hydrogen-bond acceptors (Lipinski definition) is 4. The molecule has 1 saturated carbocycles. The van der Waals surface area contributed by atoms with Crippen LogP contribution in [-0.2, 0) is 11.2 Å². The van der Waals surface area contributed by atoms with E-state index in [1.54, 1.807) is 23.5 Å². The Labute approximate surface area is 192 Å². The Hall–Kier alpha value is -2.67. The number of rotatable bonds is 8. The molecule has 1 aliphatic rings. The molecule has 0 bridgehead atoms. The first-order valence-electron chi connectivity index (χ1n) is 11.5. The Balaban J connectivity index is 1.66. The molecule has 0 aliphatic heterocycles. The average Bonchev–Trinajstić information content (AvgIpc) is 3.40. The van der Waals surface area contributed by atoms with Gasteiger partial charge in [0.15, 0.2) is 0 Å². The molecule has 0 unspecified atom stereocenters. The fraction of sp³-hybridized carbons (Fsp3) is 0.480. The van der Waals surface area contributed by atoms with Gasteiger partial charge in [-0.1, -0.05) is 33.1 Å². The topological polar surface area (TPSA) is 84.2 Å². The minimum Gasteiger partial charge on any atom is -0.480 e. The number of benzene rings is 1. The molecule has 7 heteroatoms. The highest BCUT2D eigenvalue weighted by Gasteiger charge is 2.24. The molecule has 32 heavy (non-hydrogen) atoms. The molecule has 2 aromatic heterocycles. The summed E-state index contributed by atoms with van der Waals surface area (Å²) in [7, 11) is 0. The number of carbonyl (C=O) groups excluding carboxylic acids is 1. The van der Waals surface area contributed by atoms with E-state index in [4.69, 9.17) is 4.98 Å². The van der Waals surface area contributed by atoms with Crippen molar-refractivity contribution in [3.05, 3.63) is 52.0 Å². The zero-order valence-electron chi connectivity index (χ0n) is 18.7. The van der Waals surface area contributed by atoms with E-state index in [9.17, 15) is 14.7 Å². The fourth-order valence-electron chi connectivity index (χ4n) is 4.67. The lowest BCUT2D eigenvalue weighted by atomic mass is 9.95. The van der Waals surface area contributed by atoms with Gasteiger partial charge in [0.05, 0.1) is 11.0 Å². The zero-order chi connectivity index (χ0) is 22.7. The van der Waals surface area contributed by atoms with Gasteiger partial charge < -0.3 is 15.0 Å². The third-order valence-electron chi connectivity index (χ3n) is 6.22. The number of carboxylic acids is 1. The second kappa shape index (κ2) is 9.86. The van der Waals surface area contributed by atoms with Crippen molar-refractivity contribution in [3.8, 4) is 0 Å². The predicted molar refractivity (Wildman–Crippen MR) is 127 cm³/mol. The zero-order valence-corrected chi connectivity index (χ0v) is 19.5. The van der Waals surface area contributed by atoms with Crippen LogP contribution in [-0.4, -0.2) is 32.6 Å². The van der Waals surface area contributed by atoms with Crippen LogP contribution in [0.25, 0.3) is 11.0 Å². The van der Waals surface area contributed by atoms with E-state index in [0.29, 0.717) is 18.0 Å². The lowest BCUT2D eigenvalue weighted by Gasteiger charge is -2.25. The summed E-state index contributed by atoms with van der Waals surface area (Å²) in [6.07, 6.45) is 7.22. The summed E-state index contributed by atoms with van der Waals surface area (Å²) in [5.74, 6) is -0.171. The minimum atomic E-state index is -1.01. The van der Waals surface area contributed by atoms with E-state index in [-0.39, 0.29) is 11.8 Å². The number of imidazole rings is 1. The highest BCUT2D eigenvalue weighted by molar-refractivity contribution is 7.07. The van der Waals surface area contributed by atoms with E-state index >= 15 is 0 Å². The van der Waals surface area contributed by atoms with Gasteiger partial charge in [0, 0.05) is 18.0 Å². The van der Waals surface area contributed by atoms with Crippen molar-refractivity contribution >= 4 is 34.2 Å². The van der Waals surface area contributed by atoms with Gasteiger partial charge in [-0.15, -0.1) is 0 Å². The molecular formula is C25H31N3O3S. The molecule has 0 spiro atoms. The van der Waals surface area contributed by atoms with Gasteiger partial charge in [-0.3, -0.25) is 4.79 Å². The molecule has 2 heterocycles. The molecule has 1 amide bonds. The van der Waals surface area contributed by atoms with Crippen molar-refractivity contribution in [1.82, 2.24) is 14.9 Å². The molecule has 0 radical (unpaired) electrons. The number of nitrogens with one attached hydrogen (secondary N) is 1. The Morgan fingerprint density at radius 1 is 1.22 bits per heavy atom. The van der Waals surface area contributed by atoms with Crippen LogP contribution in [0.1, 0.15) is 80.2 Å². The molecule has 1 aromatic carbocycles. The number of carboxylic acid groups (broad SMARTS) is 1. The summed E-state index contributed by atoms with van der Waals surface area (Å²) in [6, 6.07) is 7.24. The van der Waals surface area contributed by atoms with Gasteiger partial charge in [0.2, 0.25) is 0 Å². The number of fused-ring (bicyclic) bond motifs is 1. The Morgan fingerprint density at radius 2 is 2.00 bits per heavy atom. The lowest BCUT2D eigenvalue weighted by Crippen LogP contribution is -2.41. The van der Waals surface area contributed by atoms with Crippen LogP contribution in [0.4, 0.5) is 0 Å². The van der Waals surface area contributed by atoms with Gasteiger partial charge >= 0.3 is 5.97 Å². The Bertz CT molecular complexity index is 1080. The van der Waals surface area contributed by atoms with Crippen LogP contribution < -0.4 is 5.32 Å². The molecule has 2 N–H and O–H groups in total. The SMILES string of the molecule is CC(C)C[C@H](NC(=O)c1ccc2c(c1)nc(Cc1ccsc1)n2C1CCCCC1)C(=O)O. The first-order chi connectivity index (χ1) is 15.4. The molecule has 4 rings (SSSR count). The van der Waals surface area contributed by atoms with Crippen LogP contribution in [0.15, 0.2) is 35.0 Å². The molecule has 3 aromatic rings. The van der Waals surface area contributed by atoms with E-state index in [1.165, 1.54) is 24.8 Å². The summed E-state index contributed by atoms with van der Waals surface area (Å²) in [6.45, 7) is 3.89. The van der Waals surface area contributed by atoms with Crippen molar-refractivity contribution in [2.45, 2.75) is 70.9 Å². The van der Waals surface area contributed by atoms with Crippen LogP contribution >= 0.6 is 11.3 Å². The van der Waals surface area contributed by atoms with Crippen LogP contribution in [0.2, 0.25) is 0 Å². The standard InChI is InChI=1S/C25H31N3O3S/c1-16(2)12-21(25(30)31)27-24(29)18-8-9-22-20(14-18)26-23(13-17-10-11-32-15-17)28(22)19-6-4-3-5-7-19/h8-11,14-16,19,21H,3-7,12-13H2,1-2H3,(H,27,29)(H,30,31)/t21-/m0/s1. The van der Waals surface area contributed by atoms with E-state index in [2.05, 4.69) is 26.7 Å². The van der Waals surface area contributed by atoms with E-state index < -0.39 is 12.0 Å². The van der Waals surface area contributed by atoms with Crippen molar-refractivity contribution in [3.63, 3.8) is 0 Å². The maximum atomic E-state index is 12.8. The summed E-state index contributed by atoms with van der Waals surface area (Å²) in [5.41, 5.74) is 3.54. The quantitative estimate of drug-likeness (QED) is 0.477. The van der Waals surface area contributed by atoms with Crippen molar-refractivity contribution in [2.24, 2.45) is 5.92 Å². The normalized spacial score (nSPS) is 15.8. The number of aromatic nitrogens is 2. The third-order valence-corrected chi connectivity index (χ3v) is 6.95. The van der Waals surface area contributed by atoms with Gasteiger partial charge in [-0.25, -0.2) is 9.78 Å². The summed E-state index contributed by atoms with van der Waals surface area (Å²) >= 11 is 1.69. The number of nitrogens with zero attached hydrogens (tertiary/aromatic N) is 2. The fourth-order valence-corrected chi connectivity index (χ4v) is 5.34.